The van der Waals surface area contributed by atoms with Crippen LogP contribution in [0.25, 0.3) is 0 Å². The quantitative estimate of drug-likeness (QED) is 0.685. The number of rotatable bonds is 7. The van der Waals surface area contributed by atoms with Gasteiger partial charge in [0, 0.05) is 25.2 Å². The minimum atomic E-state index is 0.142. The predicted octanol–water partition coefficient (Wildman–Crippen LogP) is 1.24. The summed E-state index contributed by atoms with van der Waals surface area (Å²) in [4.78, 5) is 2.42. The van der Waals surface area contributed by atoms with Crippen LogP contribution in [-0.2, 0) is 9.47 Å². The lowest BCUT2D eigenvalue weighted by molar-refractivity contribution is -0.0136. The molecule has 0 spiro atoms. The highest BCUT2D eigenvalue weighted by molar-refractivity contribution is 4.89. The Kier molecular flexibility index (Phi) is 6.41. The Labute approximate surface area is 105 Å². The van der Waals surface area contributed by atoms with Crippen molar-refractivity contribution >= 4 is 0 Å². The average Bonchev–Trinajstić information content (AvgIpc) is 2.65. The molecule has 1 aliphatic heterocycles. The number of likely N-dealkylation sites (tertiary alicyclic amines) is 1. The third-order valence-electron chi connectivity index (χ3n) is 3.42. The zero-order valence-corrected chi connectivity index (χ0v) is 11.7. The van der Waals surface area contributed by atoms with E-state index in [0.29, 0.717) is 19.3 Å². The van der Waals surface area contributed by atoms with Crippen molar-refractivity contribution < 1.29 is 9.47 Å². The van der Waals surface area contributed by atoms with Crippen molar-refractivity contribution in [2.24, 2.45) is 5.73 Å². The first-order valence-electron chi connectivity index (χ1n) is 6.77. The zero-order chi connectivity index (χ0) is 12.8. The molecule has 0 aromatic carbocycles. The lowest BCUT2D eigenvalue weighted by Gasteiger charge is -2.22. The largest absolute Gasteiger partial charge is 0.376 e. The van der Waals surface area contributed by atoms with E-state index in [2.05, 4.69) is 18.7 Å². The fraction of sp³-hybridized carbons (Fsp3) is 1.00. The number of nitrogens with two attached hydrogens (primary N) is 1. The molecule has 0 aromatic heterocycles. The van der Waals surface area contributed by atoms with Crippen molar-refractivity contribution in [3.8, 4) is 0 Å². The Morgan fingerprint density at radius 3 is 2.53 bits per heavy atom. The van der Waals surface area contributed by atoms with E-state index < -0.39 is 0 Å². The summed E-state index contributed by atoms with van der Waals surface area (Å²) in [5, 5.41) is 0. The van der Waals surface area contributed by atoms with Gasteiger partial charge in [0.25, 0.3) is 0 Å². The van der Waals surface area contributed by atoms with Gasteiger partial charge in [-0.05, 0) is 27.2 Å². The van der Waals surface area contributed by atoms with Gasteiger partial charge in [0.1, 0.15) is 0 Å². The molecule has 0 bridgehead atoms. The summed E-state index contributed by atoms with van der Waals surface area (Å²) in [6.45, 7) is 11.7. The first-order chi connectivity index (χ1) is 8.04. The first-order valence-corrected chi connectivity index (χ1v) is 6.77. The second-order valence-corrected chi connectivity index (χ2v) is 5.20. The molecule has 1 aliphatic rings. The molecule has 0 saturated carbocycles. The molecule has 0 aromatic rings. The van der Waals surface area contributed by atoms with E-state index in [1.807, 2.05) is 13.8 Å². The van der Waals surface area contributed by atoms with Crippen LogP contribution >= 0.6 is 0 Å². The van der Waals surface area contributed by atoms with Gasteiger partial charge >= 0.3 is 0 Å². The molecule has 3 unspecified atom stereocenters. The molecule has 1 saturated heterocycles. The Bertz CT molecular complexity index is 212. The number of hydrogen-bond donors (Lipinski definition) is 1. The van der Waals surface area contributed by atoms with Crippen molar-refractivity contribution in [2.75, 3.05) is 26.3 Å². The van der Waals surface area contributed by atoms with Crippen LogP contribution in [-0.4, -0.2) is 55.5 Å². The van der Waals surface area contributed by atoms with Gasteiger partial charge in [-0.25, -0.2) is 0 Å². The normalized spacial score (nSPS) is 27.9. The molecule has 17 heavy (non-hydrogen) atoms. The molecular weight excluding hydrogens is 216 g/mol. The van der Waals surface area contributed by atoms with Crippen molar-refractivity contribution in [3.05, 3.63) is 0 Å². The van der Waals surface area contributed by atoms with Gasteiger partial charge in [-0.1, -0.05) is 6.92 Å². The molecule has 3 atom stereocenters. The second kappa shape index (κ2) is 7.31. The summed E-state index contributed by atoms with van der Waals surface area (Å²) >= 11 is 0. The standard InChI is InChI=1S/C13H28N2O2/c1-5-11(4)15-8-12(14)13(9-15)17-7-6-16-10(2)3/h10-13H,5-9,14H2,1-4H3. The van der Waals surface area contributed by atoms with Crippen LogP contribution in [0.2, 0.25) is 0 Å². The summed E-state index contributed by atoms with van der Waals surface area (Å²) in [5.41, 5.74) is 6.10. The molecule has 1 rings (SSSR count). The van der Waals surface area contributed by atoms with Crippen LogP contribution in [0, 0.1) is 0 Å². The Morgan fingerprint density at radius 1 is 1.24 bits per heavy atom. The fourth-order valence-corrected chi connectivity index (χ4v) is 2.11. The summed E-state index contributed by atoms with van der Waals surface area (Å²) in [6.07, 6.45) is 1.60. The van der Waals surface area contributed by atoms with Crippen LogP contribution in [0.3, 0.4) is 0 Å². The Hall–Kier alpha value is -0.160. The van der Waals surface area contributed by atoms with Gasteiger partial charge in [0.2, 0.25) is 0 Å². The topological polar surface area (TPSA) is 47.7 Å². The van der Waals surface area contributed by atoms with E-state index in [-0.39, 0.29) is 18.2 Å². The van der Waals surface area contributed by atoms with Gasteiger partial charge in [-0.2, -0.15) is 0 Å². The van der Waals surface area contributed by atoms with E-state index in [0.717, 1.165) is 19.5 Å². The van der Waals surface area contributed by atoms with E-state index in [9.17, 15) is 0 Å². The lowest BCUT2D eigenvalue weighted by Crippen LogP contribution is -2.36. The average molecular weight is 244 g/mol. The molecular formula is C13H28N2O2. The maximum Gasteiger partial charge on any atom is 0.0866 e. The molecule has 0 amide bonds. The summed E-state index contributed by atoms with van der Waals surface area (Å²) in [5.74, 6) is 0. The maximum atomic E-state index is 6.10. The molecule has 2 N–H and O–H groups in total. The van der Waals surface area contributed by atoms with Gasteiger partial charge in [-0.15, -0.1) is 0 Å². The summed E-state index contributed by atoms with van der Waals surface area (Å²) < 4.78 is 11.3. The SMILES string of the molecule is CCC(C)N1CC(N)C(OCCOC(C)C)C1. The minimum Gasteiger partial charge on any atom is -0.376 e. The second-order valence-electron chi connectivity index (χ2n) is 5.20. The molecule has 1 heterocycles. The van der Waals surface area contributed by atoms with Crippen LogP contribution in [0.15, 0.2) is 0 Å². The highest BCUT2D eigenvalue weighted by atomic mass is 16.5. The Morgan fingerprint density at radius 2 is 1.94 bits per heavy atom. The highest BCUT2D eigenvalue weighted by Crippen LogP contribution is 2.16. The van der Waals surface area contributed by atoms with E-state index in [4.69, 9.17) is 15.2 Å². The van der Waals surface area contributed by atoms with Crippen LogP contribution < -0.4 is 5.73 Å². The molecule has 1 fully saturated rings. The fourth-order valence-electron chi connectivity index (χ4n) is 2.11. The first kappa shape index (κ1) is 14.9. The molecule has 0 radical (unpaired) electrons. The van der Waals surface area contributed by atoms with Crippen molar-refractivity contribution in [1.82, 2.24) is 4.90 Å². The highest BCUT2D eigenvalue weighted by Gasteiger charge is 2.32. The minimum absolute atomic E-state index is 0.142. The number of ether oxygens (including phenoxy) is 2. The van der Waals surface area contributed by atoms with Gasteiger partial charge < -0.3 is 15.2 Å². The maximum absolute atomic E-state index is 6.10. The lowest BCUT2D eigenvalue weighted by atomic mass is 10.2. The Balaban J connectivity index is 2.21. The molecule has 4 heteroatoms. The molecule has 102 valence electrons. The van der Waals surface area contributed by atoms with E-state index in [1.165, 1.54) is 0 Å². The monoisotopic (exact) mass is 244 g/mol. The van der Waals surface area contributed by atoms with Gasteiger partial charge in [0.05, 0.1) is 25.4 Å². The molecule has 4 nitrogen and oxygen atoms in total. The zero-order valence-electron chi connectivity index (χ0n) is 11.7. The number of nitrogens with zero attached hydrogens (tertiary/aromatic N) is 1. The van der Waals surface area contributed by atoms with Crippen LogP contribution in [0.5, 0.6) is 0 Å². The van der Waals surface area contributed by atoms with Crippen molar-refractivity contribution in [3.63, 3.8) is 0 Å². The molecule has 0 aliphatic carbocycles. The van der Waals surface area contributed by atoms with Crippen molar-refractivity contribution in [1.29, 1.82) is 0 Å². The van der Waals surface area contributed by atoms with Crippen molar-refractivity contribution in [2.45, 2.75) is 58.4 Å². The van der Waals surface area contributed by atoms with Gasteiger partial charge in [-0.3, -0.25) is 4.90 Å². The van der Waals surface area contributed by atoms with E-state index >= 15 is 0 Å². The van der Waals surface area contributed by atoms with Crippen LogP contribution in [0.4, 0.5) is 0 Å². The summed E-state index contributed by atoms with van der Waals surface area (Å²) in [7, 11) is 0. The summed E-state index contributed by atoms with van der Waals surface area (Å²) in [6, 6.07) is 0.740. The smallest absolute Gasteiger partial charge is 0.0866 e. The third kappa shape index (κ3) is 4.92. The predicted molar refractivity (Wildman–Crippen MR) is 70.1 cm³/mol. The van der Waals surface area contributed by atoms with Crippen LogP contribution in [0.1, 0.15) is 34.1 Å². The third-order valence-corrected chi connectivity index (χ3v) is 3.42. The van der Waals surface area contributed by atoms with Gasteiger partial charge in [0.15, 0.2) is 0 Å². The van der Waals surface area contributed by atoms with E-state index in [1.54, 1.807) is 0 Å². The number of hydrogen-bond acceptors (Lipinski definition) is 4.